The number of nitrogens with one attached hydrogen (secondary N) is 1. The van der Waals surface area contributed by atoms with E-state index in [2.05, 4.69) is 9.88 Å². The molecule has 0 spiro atoms. The van der Waals surface area contributed by atoms with Gasteiger partial charge in [-0.1, -0.05) is 12.1 Å². The van der Waals surface area contributed by atoms with Crippen molar-refractivity contribution < 1.29 is 0 Å². The van der Waals surface area contributed by atoms with E-state index in [9.17, 15) is 4.79 Å². The van der Waals surface area contributed by atoms with Crippen molar-refractivity contribution in [3.8, 4) is 0 Å². The fraction of sp³-hybridized carbons (Fsp3) is 0.400. The minimum atomic E-state index is 0.0581. The first-order valence-electron chi connectivity index (χ1n) is 6.77. The Morgan fingerprint density at radius 2 is 2.11 bits per heavy atom. The average molecular weight is 257 g/mol. The Morgan fingerprint density at radius 3 is 2.84 bits per heavy atom. The molecule has 1 aromatic carbocycles. The number of hydrogen-bond donors (Lipinski definition) is 2. The van der Waals surface area contributed by atoms with Gasteiger partial charge in [-0.15, -0.1) is 0 Å². The first-order valence-corrected chi connectivity index (χ1v) is 6.77. The van der Waals surface area contributed by atoms with Gasteiger partial charge in [-0.3, -0.25) is 4.79 Å². The number of anilines is 1. The van der Waals surface area contributed by atoms with Gasteiger partial charge in [0.25, 0.3) is 0 Å². The summed E-state index contributed by atoms with van der Waals surface area (Å²) in [5.41, 5.74) is 7.07. The average Bonchev–Trinajstić information content (AvgIpc) is 2.84. The Bertz CT molecular complexity index is 649. The van der Waals surface area contributed by atoms with E-state index < -0.39 is 0 Å². The number of nitrogens with two attached hydrogens (primary N) is 1. The van der Waals surface area contributed by atoms with Gasteiger partial charge in [0.15, 0.2) is 5.43 Å². The summed E-state index contributed by atoms with van der Waals surface area (Å²) < 4.78 is 0. The smallest absolute Gasteiger partial charge is 0.191 e. The zero-order valence-corrected chi connectivity index (χ0v) is 11.1. The van der Waals surface area contributed by atoms with Crippen LogP contribution in [0.1, 0.15) is 19.3 Å². The minimum absolute atomic E-state index is 0.0581. The molecule has 1 aliphatic rings. The van der Waals surface area contributed by atoms with Crippen molar-refractivity contribution in [3.05, 3.63) is 40.6 Å². The van der Waals surface area contributed by atoms with Gasteiger partial charge in [-0.05, 0) is 31.4 Å². The van der Waals surface area contributed by atoms with Crippen LogP contribution in [-0.4, -0.2) is 24.1 Å². The van der Waals surface area contributed by atoms with E-state index in [1.807, 2.05) is 31.3 Å². The van der Waals surface area contributed by atoms with Crippen LogP contribution in [0.15, 0.2) is 35.1 Å². The van der Waals surface area contributed by atoms with Crippen LogP contribution in [0.5, 0.6) is 0 Å². The SMILES string of the molecule is CN(c1cc(=O)c2ccccc2[nH]1)C1CCCC1N. The summed E-state index contributed by atoms with van der Waals surface area (Å²) in [6, 6.07) is 9.78. The highest BCUT2D eigenvalue weighted by Gasteiger charge is 2.28. The van der Waals surface area contributed by atoms with Crippen LogP contribution in [-0.2, 0) is 0 Å². The molecule has 1 fully saturated rings. The van der Waals surface area contributed by atoms with Gasteiger partial charge in [0.05, 0.1) is 5.52 Å². The fourth-order valence-electron chi connectivity index (χ4n) is 3.00. The Kier molecular flexibility index (Phi) is 3.03. The van der Waals surface area contributed by atoms with E-state index in [0.717, 1.165) is 36.0 Å². The van der Waals surface area contributed by atoms with Gasteiger partial charge in [0, 0.05) is 30.6 Å². The Hall–Kier alpha value is -1.81. The number of pyridine rings is 1. The first kappa shape index (κ1) is 12.2. The van der Waals surface area contributed by atoms with Crippen LogP contribution in [0.25, 0.3) is 10.9 Å². The summed E-state index contributed by atoms with van der Waals surface area (Å²) >= 11 is 0. The molecule has 4 heteroatoms. The maximum Gasteiger partial charge on any atom is 0.191 e. The van der Waals surface area contributed by atoms with Crippen LogP contribution < -0.4 is 16.1 Å². The number of aromatic nitrogens is 1. The molecule has 0 aliphatic heterocycles. The zero-order chi connectivity index (χ0) is 13.4. The maximum absolute atomic E-state index is 12.1. The van der Waals surface area contributed by atoms with Crippen molar-refractivity contribution in [2.75, 3.05) is 11.9 Å². The quantitative estimate of drug-likeness (QED) is 0.863. The summed E-state index contributed by atoms with van der Waals surface area (Å²) in [5.74, 6) is 0.853. The van der Waals surface area contributed by atoms with Gasteiger partial charge in [-0.2, -0.15) is 0 Å². The van der Waals surface area contributed by atoms with Gasteiger partial charge in [-0.25, -0.2) is 0 Å². The van der Waals surface area contributed by atoms with E-state index in [0.29, 0.717) is 6.04 Å². The van der Waals surface area contributed by atoms with Crippen LogP contribution in [0.3, 0.4) is 0 Å². The van der Waals surface area contributed by atoms with Crippen molar-refractivity contribution >= 4 is 16.7 Å². The van der Waals surface area contributed by atoms with E-state index in [1.165, 1.54) is 0 Å². The molecule has 19 heavy (non-hydrogen) atoms. The molecule has 100 valence electrons. The fourth-order valence-corrected chi connectivity index (χ4v) is 3.00. The Morgan fingerprint density at radius 1 is 1.32 bits per heavy atom. The summed E-state index contributed by atoms with van der Waals surface area (Å²) in [6.45, 7) is 0. The maximum atomic E-state index is 12.1. The lowest BCUT2D eigenvalue weighted by atomic mass is 10.1. The van der Waals surface area contributed by atoms with Crippen LogP contribution in [0.4, 0.5) is 5.82 Å². The molecular weight excluding hydrogens is 238 g/mol. The molecular formula is C15H19N3O. The molecule has 3 rings (SSSR count). The van der Waals surface area contributed by atoms with Crippen molar-refractivity contribution in [2.24, 2.45) is 5.73 Å². The number of rotatable bonds is 2. The van der Waals surface area contributed by atoms with E-state index in [-0.39, 0.29) is 11.5 Å². The number of benzene rings is 1. The summed E-state index contributed by atoms with van der Waals surface area (Å²) in [5, 5.41) is 0.732. The molecule has 2 atom stereocenters. The Labute approximate surface area is 112 Å². The molecule has 0 amide bonds. The van der Waals surface area contributed by atoms with Gasteiger partial charge in [0.2, 0.25) is 0 Å². The van der Waals surface area contributed by atoms with Crippen molar-refractivity contribution in [1.29, 1.82) is 0 Å². The van der Waals surface area contributed by atoms with E-state index in [1.54, 1.807) is 6.07 Å². The van der Waals surface area contributed by atoms with Crippen LogP contribution >= 0.6 is 0 Å². The highest BCUT2D eigenvalue weighted by atomic mass is 16.1. The molecule has 2 aromatic rings. The second kappa shape index (κ2) is 4.70. The minimum Gasteiger partial charge on any atom is -0.357 e. The first-order chi connectivity index (χ1) is 9.16. The summed E-state index contributed by atoms with van der Waals surface area (Å²) in [7, 11) is 2.01. The molecule has 1 aromatic heterocycles. The molecule has 0 radical (unpaired) electrons. The highest BCUT2D eigenvalue weighted by molar-refractivity contribution is 5.80. The Balaban J connectivity index is 2.03. The lowest BCUT2D eigenvalue weighted by Gasteiger charge is -2.29. The topological polar surface area (TPSA) is 62.1 Å². The monoisotopic (exact) mass is 257 g/mol. The number of hydrogen-bond acceptors (Lipinski definition) is 3. The van der Waals surface area contributed by atoms with Crippen LogP contribution in [0.2, 0.25) is 0 Å². The van der Waals surface area contributed by atoms with Crippen molar-refractivity contribution in [1.82, 2.24) is 4.98 Å². The molecule has 0 bridgehead atoms. The number of likely N-dealkylation sites (N-methyl/N-ethyl adjacent to an activating group) is 1. The van der Waals surface area contributed by atoms with E-state index in [4.69, 9.17) is 5.73 Å². The van der Waals surface area contributed by atoms with Crippen molar-refractivity contribution in [3.63, 3.8) is 0 Å². The van der Waals surface area contributed by atoms with Gasteiger partial charge < -0.3 is 15.6 Å². The zero-order valence-electron chi connectivity index (χ0n) is 11.1. The number of H-pyrrole nitrogens is 1. The standard InChI is InChI=1S/C15H19N3O/c1-18(13-8-4-6-11(13)16)15-9-14(19)10-5-2-3-7-12(10)17-15/h2-3,5,7,9,11,13H,4,6,8,16H2,1H3,(H,17,19). The molecule has 0 saturated heterocycles. The van der Waals surface area contributed by atoms with E-state index >= 15 is 0 Å². The second-order valence-corrected chi connectivity index (χ2v) is 5.34. The lowest BCUT2D eigenvalue weighted by molar-refractivity contribution is 0.569. The summed E-state index contributed by atoms with van der Waals surface area (Å²) in [4.78, 5) is 17.6. The molecule has 3 N–H and O–H groups in total. The third-order valence-corrected chi connectivity index (χ3v) is 4.13. The number of fused-ring (bicyclic) bond motifs is 1. The molecule has 1 heterocycles. The molecule has 1 saturated carbocycles. The lowest BCUT2D eigenvalue weighted by Crippen LogP contribution is -2.43. The summed E-state index contributed by atoms with van der Waals surface area (Å²) in [6.07, 6.45) is 3.31. The normalized spacial score (nSPS) is 22.8. The largest absolute Gasteiger partial charge is 0.357 e. The predicted octanol–water partition coefficient (Wildman–Crippen LogP) is 1.84. The van der Waals surface area contributed by atoms with Crippen molar-refractivity contribution in [2.45, 2.75) is 31.3 Å². The highest BCUT2D eigenvalue weighted by Crippen LogP contribution is 2.25. The van der Waals surface area contributed by atoms with Crippen LogP contribution in [0, 0.1) is 0 Å². The number of nitrogens with zero attached hydrogens (tertiary/aromatic N) is 1. The van der Waals surface area contributed by atoms with Gasteiger partial charge >= 0.3 is 0 Å². The second-order valence-electron chi connectivity index (χ2n) is 5.34. The molecule has 2 unspecified atom stereocenters. The third kappa shape index (κ3) is 2.12. The third-order valence-electron chi connectivity index (χ3n) is 4.13. The molecule has 4 nitrogen and oxygen atoms in total. The molecule has 1 aliphatic carbocycles. The predicted molar refractivity (Wildman–Crippen MR) is 78.6 cm³/mol. The van der Waals surface area contributed by atoms with Gasteiger partial charge in [0.1, 0.15) is 5.82 Å². The number of aromatic amines is 1. The number of para-hydroxylation sites is 1.